The molecule has 1 fully saturated rings. The summed E-state index contributed by atoms with van der Waals surface area (Å²) >= 11 is 0. The third kappa shape index (κ3) is 4.78. The number of carbonyl (C=O) groups excluding carboxylic acids is 1. The van der Waals surface area contributed by atoms with E-state index in [0.29, 0.717) is 5.82 Å². The second-order valence-corrected chi connectivity index (χ2v) is 8.35. The number of rotatable bonds is 6. The normalized spacial score (nSPS) is 14.8. The fourth-order valence-electron chi connectivity index (χ4n) is 2.89. The van der Waals surface area contributed by atoms with Crippen molar-refractivity contribution in [1.82, 2.24) is 9.97 Å². The number of nitrogens with one attached hydrogen (secondary N) is 1. The van der Waals surface area contributed by atoms with Gasteiger partial charge in [-0.05, 0) is 31.4 Å². The molecular weight excluding hydrogens is 352 g/mol. The van der Waals surface area contributed by atoms with Crippen LogP contribution >= 0.6 is 0 Å². The zero-order chi connectivity index (χ0) is 18.4. The standard InChI is InChI=1S/C18H22N4O3S/c23-18(9-12-26(24,25)15-7-3-1-4-8-15)21-16-13-17(20-14-19-16)22-10-5-2-6-11-22/h1,3-4,7-8,13-14H,2,5-6,9-12H2,(H,19,20,21,23). The molecular formula is C18H22N4O3S. The summed E-state index contributed by atoms with van der Waals surface area (Å²) in [5.41, 5.74) is 0. The fourth-order valence-corrected chi connectivity index (χ4v) is 4.15. The Balaban J connectivity index is 1.58. The maximum Gasteiger partial charge on any atom is 0.226 e. The van der Waals surface area contributed by atoms with Gasteiger partial charge < -0.3 is 10.2 Å². The second kappa shape index (κ2) is 8.27. The van der Waals surface area contributed by atoms with E-state index in [-0.39, 0.29) is 23.0 Å². The molecule has 138 valence electrons. The first-order chi connectivity index (χ1) is 12.5. The third-order valence-electron chi connectivity index (χ3n) is 4.30. The molecule has 26 heavy (non-hydrogen) atoms. The Morgan fingerprint density at radius 3 is 2.54 bits per heavy atom. The molecule has 1 aliphatic heterocycles. The number of carbonyl (C=O) groups is 1. The molecule has 0 aliphatic carbocycles. The van der Waals surface area contributed by atoms with E-state index in [1.807, 2.05) is 0 Å². The maximum atomic E-state index is 12.2. The van der Waals surface area contributed by atoms with Crippen LogP contribution < -0.4 is 10.2 Å². The SMILES string of the molecule is O=C(CCS(=O)(=O)c1ccccc1)Nc1cc(N2CCCCC2)ncn1. The average Bonchev–Trinajstić information content (AvgIpc) is 2.68. The topological polar surface area (TPSA) is 92.3 Å². The van der Waals surface area contributed by atoms with Crippen LogP contribution in [0.2, 0.25) is 0 Å². The highest BCUT2D eigenvalue weighted by molar-refractivity contribution is 7.91. The minimum atomic E-state index is -3.47. The quantitative estimate of drug-likeness (QED) is 0.834. The minimum absolute atomic E-state index is 0.125. The van der Waals surface area contributed by atoms with Crippen molar-refractivity contribution in [1.29, 1.82) is 0 Å². The van der Waals surface area contributed by atoms with Gasteiger partial charge in [0.15, 0.2) is 9.84 Å². The van der Waals surface area contributed by atoms with Gasteiger partial charge in [0.2, 0.25) is 5.91 Å². The first-order valence-electron chi connectivity index (χ1n) is 8.69. The summed E-state index contributed by atoms with van der Waals surface area (Å²) in [6, 6.07) is 9.87. The van der Waals surface area contributed by atoms with Gasteiger partial charge in [-0.1, -0.05) is 18.2 Å². The van der Waals surface area contributed by atoms with Crippen molar-refractivity contribution in [3.05, 3.63) is 42.7 Å². The molecule has 0 unspecified atom stereocenters. The van der Waals surface area contributed by atoms with E-state index >= 15 is 0 Å². The number of nitrogens with zero attached hydrogens (tertiary/aromatic N) is 3. The second-order valence-electron chi connectivity index (χ2n) is 6.24. The summed E-state index contributed by atoms with van der Waals surface area (Å²) in [5.74, 6) is 0.551. The van der Waals surface area contributed by atoms with Crippen molar-refractivity contribution in [2.24, 2.45) is 0 Å². The van der Waals surface area contributed by atoms with Crippen LogP contribution in [0.5, 0.6) is 0 Å². The minimum Gasteiger partial charge on any atom is -0.356 e. The third-order valence-corrected chi connectivity index (χ3v) is 6.03. The molecule has 1 N–H and O–H groups in total. The first-order valence-corrected chi connectivity index (χ1v) is 10.3. The smallest absolute Gasteiger partial charge is 0.226 e. The first kappa shape index (κ1) is 18.3. The van der Waals surface area contributed by atoms with Gasteiger partial charge in [0.25, 0.3) is 0 Å². The van der Waals surface area contributed by atoms with Gasteiger partial charge in [-0.3, -0.25) is 4.79 Å². The van der Waals surface area contributed by atoms with Crippen LogP contribution in [0.15, 0.2) is 47.6 Å². The summed E-state index contributed by atoms with van der Waals surface area (Å²) in [4.78, 5) is 22.8. The van der Waals surface area contributed by atoms with Crippen molar-refractivity contribution >= 4 is 27.4 Å². The van der Waals surface area contributed by atoms with E-state index in [0.717, 1.165) is 31.7 Å². The Bertz CT molecular complexity index is 850. The zero-order valence-electron chi connectivity index (χ0n) is 14.5. The highest BCUT2D eigenvalue weighted by atomic mass is 32.2. The fraction of sp³-hybridized carbons (Fsp3) is 0.389. The average molecular weight is 374 g/mol. The number of aromatic nitrogens is 2. The van der Waals surface area contributed by atoms with Gasteiger partial charge >= 0.3 is 0 Å². The molecule has 7 nitrogen and oxygen atoms in total. The summed E-state index contributed by atoms with van der Waals surface area (Å²) in [6.07, 6.45) is 4.77. The lowest BCUT2D eigenvalue weighted by Gasteiger charge is -2.27. The lowest BCUT2D eigenvalue weighted by Crippen LogP contribution is -2.30. The lowest BCUT2D eigenvalue weighted by molar-refractivity contribution is -0.115. The van der Waals surface area contributed by atoms with Crippen molar-refractivity contribution in [3.63, 3.8) is 0 Å². The van der Waals surface area contributed by atoms with E-state index in [1.54, 1.807) is 24.3 Å². The number of hydrogen-bond acceptors (Lipinski definition) is 6. The summed E-state index contributed by atoms with van der Waals surface area (Å²) in [5, 5.41) is 2.66. The molecule has 1 aromatic heterocycles. The molecule has 8 heteroatoms. The largest absolute Gasteiger partial charge is 0.356 e. The van der Waals surface area contributed by atoms with Gasteiger partial charge in [0.05, 0.1) is 10.6 Å². The molecule has 0 saturated carbocycles. The van der Waals surface area contributed by atoms with Crippen LogP contribution in [0.1, 0.15) is 25.7 Å². The molecule has 3 rings (SSSR count). The summed E-state index contributed by atoms with van der Waals surface area (Å²) in [6.45, 7) is 1.89. The molecule has 1 aromatic carbocycles. The molecule has 1 amide bonds. The van der Waals surface area contributed by atoms with Gasteiger partial charge in [-0.25, -0.2) is 18.4 Å². The van der Waals surface area contributed by atoms with Crippen LogP contribution in [-0.4, -0.2) is 43.1 Å². The van der Waals surface area contributed by atoms with E-state index in [9.17, 15) is 13.2 Å². The van der Waals surface area contributed by atoms with Gasteiger partial charge in [-0.2, -0.15) is 0 Å². The molecule has 2 aromatic rings. The Morgan fingerprint density at radius 2 is 1.81 bits per heavy atom. The highest BCUT2D eigenvalue weighted by Crippen LogP contribution is 2.19. The van der Waals surface area contributed by atoms with Crippen LogP contribution in [0, 0.1) is 0 Å². The lowest BCUT2D eigenvalue weighted by atomic mass is 10.1. The number of amides is 1. The Hall–Kier alpha value is -2.48. The van der Waals surface area contributed by atoms with Gasteiger partial charge in [0.1, 0.15) is 18.0 Å². The van der Waals surface area contributed by atoms with Crippen LogP contribution in [0.3, 0.4) is 0 Å². The summed E-state index contributed by atoms with van der Waals surface area (Å²) in [7, 11) is -3.47. The van der Waals surface area contributed by atoms with Crippen molar-refractivity contribution in [3.8, 4) is 0 Å². The highest BCUT2D eigenvalue weighted by Gasteiger charge is 2.17. The van der Waals surface area contributed by atoms with Crippen molar-refractivity contribution in [2.75, 3.05) is 29.1 Å². The van der Waals surface area contributed by atoms with E-state index in [2.05, 4.69) is 20.2 Å². The van der Waals surface area contributed by atoms with Crippen LogP contribution in [0.25, 0.3) is 0 Å². The molecule has 1 aliphatic rings. The number of piperidine rings is 1. The van der Waals surface area contributed by atoms with Crippen LogP contribution in [-0.2, 0) is 14.6 Å². The van der Waals surface area contributed by atoms with E-state index in [4.69, 9.17) is 0 Å². The Kier molecular flexibility index (Phi) is 5.82. The van der Waals surface area contributed by atoms with Gasteiger partial charge in [0, 0.05) is 25.6 Å². The predicted octanol–water partition coefficient (Wildman–Crippen LogP) is 2.27. The Labute approximate surface area is 153 Å². The zero-order valence-corrected chi connectivity index (χ0v) is 15.3. The molecule has 0 atom stereocenters. The number of anilines is 2. The molecule has 0 bridgehead atoms. The molecule has 0 spiro atoms. The van der Waals surface area contributed by atoms with E-state index in [1.165, 1.54) is 24.9 Å². The molecule has 0 radical (unpaired) electrons. The summed E-state index contributed by atoms with van der Waals surface area (Å²) < 4.78 is 24.5. The number of sulfone groups is 1. The predicted molar refractivity (Wildman–Crippen MR) is 99.8 cm³/mol. The number of benzene rings is 1. The van der Waals surface area contributed by atoms with Crippen LogP contribution in [0.4, 0.5) is 11.6 Å². The maximum absolute atomic E-state index is 12.2. The Morgan fingerprint density at radius 1 is 1.08 bits per heavy atom. The van der Waals surface area contributed by atoms with Crippen molar-refractivity contribution in [2.45, 2.75) is 30.6 Å². The monoisotopic (exact) mass is 374 g/mol. The van der Waals surface area contributed by atoms with E-state index < -0.39 is 9.84 Å². The van der Waals surface area contributed by atoms with Gasteiger partial charge in [-0.15, -0.1) is 0 Å². The van der Waals surface area contributed by atoms with Crippen molar-refractivity contribution < 1.29 is 13.2 Å². The molecule has 1 saturated heterocycles. The number of hydrogen-bond donors (Lipinski definition) is 1. The molecule has 2 heterocycles.